The Kier molecular flexibility index (Phi) is 6.52. The van der Waals surface area contributed by atoms with E-state index in [2.05, 4.69) is 190 Å². The van der Waals surface area contributed by atoms with Crippen LogP contribution < -0.4 is 15.7 Å². The first-order chi connectivity index (χ1) is 30.0. The SMILES string of the molecule is CC(C)(C)c1ccc(N2B3c4cc5c(cc4-n4c6ccc7c8ccccc8oc7c6c6ccc(c3c64)-c3cc4c(cc32)oc2cc(C(C)(C)C)ccc24)sc2ccccc25)cc1. The van der Waals surface area contributed by atoms with Gasteiger partial charge in [0.15, 0.2) is 0 Å². The summed E-state index contributed by atoms with van der Waals surface area (Å²) < 4.78 is 18.9. The maximum atomic E-state index is 6.87. The third kappa shape index (κ3) is 4.47. The zero-order valence-corrected chi connectivity index (χ0v) is 36.3. The second-order valence-electron chi connectivity index (χ2n) is 19.7. The van der Waals surface area contributed by atoms with Crippen molar-refractivity contribution in [1.82, 2.24) is 4.57 Å². The molecule has 0 N–H and O–H groups in total. The molecule has 0 aliphatic carbocycles. The summed E-state index contributed by atoms with van der Waals surface area (Å²) in [5, 5.41) is 9.56. The highest BCUT2D eigenvalue weighted by Crippen LogP contribution is 2.50. The van der Waals surface area contributed by atoms with Gasteiger partial charge >= 0.3 is 6.85 Å². The summed E-state index contributed by atoms with van der Waals surface area (Å²) in [6.07, 6.45) is 0. The number of para-hydroxylation sites is 1. The second kappa shape index (κ2) is 11.6. The predicted molar refractivity (Wildman–Crippen MR) is 265 cm³/mol. The van der Waals surface area contributed by atoms with E-state index in [9.17, 15) is 0 Å². The molecule has 4 aromatic heterocycles. The van der Waals surface area contributed by atoms with Crippen LogP contribution >= 0.6 is 11.3 Å². The Balaban J connectivity index is 1.16. The molecule has 0 unspecified atom stereocenters. The third-order valence-corrected chi connectivity index (χ3v) is 15.2. The molecule has 0 radical (unpaired) electrons. The van der Waals surface area contributed by atoms with E-state index in [1.165, 1.54) is 69.9 Å². The summed E-state index contributed by atoms with van der Waals surface area (Å²) in [6, 6.07) is 52.5. The molecular weight excluding hydrogens is 776 g/mol. The minimum atomic E-state index is -0.128. The van der Waals surface area contributed by atoms with Crippen LogP contribution in [0.3, 0.4) is 0 Å². The number of nitrogens with zero attached hydrogens (tertiary/aromatic N) is 2. The van der Waals surface area contributed by atoms with E-state index in [-0.39, 0.29) is 17.7 Å². The fourth-order valence-corrected chi connectivity index (χ4v) is 12.1. The Morgan fingerprint density at radius 1 is 0.500 bits per heavy atom. The van der Waals surface area contributed by atoms with Crippen LogP contribution in [0.15, 0.2) is 148 Å². The highest BCUT2D eigenvalue weighted by molar-refractivity contribution is 7.26. The van der Waals surface area contributed by atoms with Crippen molar-refractivity contribution in [3.63, 3.8) is 0 Å². The summed E-state index contributed by atoms with van der Waals surface area (Å²) >= 11 is 1.88. The maximum absolute atomic E-state index is 6.87. The summed E-state index contributed by atoms with van der Waals surface area (Å²) in [7, 11) is 0. The molecule has 2 aliphatic heterocycles. The molecule has 0 saturated heterocycles. The van der Waals surface area contributed by atoms with Gasteiger partial charge in [-0.3, -0.25) is 0 Å². The molecule has 8 aromatic carbocycles. The standard InChI is InChI=1S/C56H41BN2O2S/c1-55(2,3)30-15-18-32(19-16-30)59-44-28-48-40(34-20-17-31(56(4,5)6)25-47(34)60-48)26-39(44)36-21-22-38-51-43(24-23-37-33-11-7-9-13-46(33)61-54(37)51)58-45-29-50-41(35-12-8-10-14-49(35)62-50)27-42(45)57(59)52(36)53(38)58/h7-29H,1-6H3. The predicted octanol–water partition coefficient (Wildman–Crippen LogP) is 14.8. The van der Waals surface area contributed by atoms with E-state index in [0.29, 0.717) is 0 Å². The van der Waals surface area contributed by atoms with Gasteiger partial charge in [0, 0.05) is 75.8 Å². The lowest BCUT2D eigenvalue weighted by Crippen LogP contribution is -2.60. The fourth-order valence-electron chi connectivity index (χ4n) is 11.0. The highest BCUT2D eigenvalue weighted by atomic mass is 32.1. The van der Waals surface area contributed by atoms with Crippen molar-refractivity contribution in [3.05, 3.63) is 151 Å². The van der Waals surface area contributed by atoms with Gasteiger partial charge in [0.05, 0.1) is 16.4 Å². The zero-order chi connectivity index (χ0) is 41.6. The normalized spacial score (nSPS) is 13.9. The molecule has 296 valence electrons. The minimum Gasteiger partial charge on any atom is -0.456 e. The van der Waals surface area contributed by atoms with E-state index in [1.807, 2.05) is 11.3 Å². The van der Waals surface area contributed by atoms with Crippen molar-refractivity contribution in [3.8, 4) is 16.8 Å². The molecule has 2 aliphatic rings. The molecule has 12 aromatic rings. The van der Waals surface area contributed by atoms with Gasteiger partial charge in [-0.2, -0.15) is 0 Å². The van der Waals surface area contributed by atoms with Gasteiger partial charge in [0.25, 0.3) is 0 Å². The molecule has 0 amide bonds. The zero-order valence-electron chi connectivity index (χ0n) is 35.5. The van der Waals surface area contributed by atoms with Crippen LogP contribution in [0, 0.1) is 0 Å². The molecule has 0 bridgehead atoms. The average molecular weight is 817 g/mol. The number of thiophene rings is 1. The number of benzene rings is 8. The van der Waals surface area contributed by atoms with Gasteiger partial charge in [0.2, 0.25) is 0 Å². The van der Waals surface area contributed by atoms with Crippen LogP contribution in [0.25, 0.3) is 103 Å². The third-order valence-electron chi connectivity index (χ3n) is 14.1. The lowest BCUT2D eigenvalue weighted by Gasteiger charge is -2.42. The van der Waals surface area contributed by atoms with Crippen molar-refractivity contribution in [2.24, 2.45) is 0 Å². The highest BCUT2D eigenvalue weighted by Gasteiger charge is 2.45. The topological polar surface area (TPSA) is 34.5 Å². The van der Waals surface area contributed by atoms with Crippen LogP contribution in [0.1, 0.15) is 52.7 Å². The molecular formula is C56H41BN2O2S. The molecule has 14 rings (SSSR count). The lowest BCUT2D eigenvalue weighted by molar-refractivity contribution is 0.587. The number of hydrogen-bond donors (Lipinski definition) is 0. The van der Waals surface area contributed by atoms with Crippen molar-refractivity contribution in [2.75, 3.05) is 4.81 Å². The van der Waals surface area contributed by atoms with E-state index >= 15 is 0 Å². The molecule has 0 spiro atoms. The maximum Gasteiger partial charge on any atom is 0.333 e. The molecule has 6 heterocycles. The lowest BCUT2D eigenvalue weighted by atomic mass is 9.44. The summed E-state index contributed by atoms with van der Waals surface area (Å²) in [5.74, 6) is 0. The van der Waals surface area contributed by atoms with E-state index in [1.54, 1.807) is 0 Å². The quantitative estimate of drug-likeness (QED) is 0.155. The largest absolute Gasteiger partial charge is 0.456 e. The molecule has 6 heteroatoms. The van der Waals surface area contributed by atoms with Crippen LogP contribution in [-0.2, 0) is 10.8 Å². The van der Waals surface area contributed by atoms with Crippen molar-refractivity contribution in [1.29, 1.82) is 0 Å². The Hall–Kier alpha value is -6.76. The summed E-state index contributed by atoms with van der Waals surface area (Å²) in [5.41, 5.74) is 17.3. The Labute approximate surface area is 362 Å². The molecule has 0 atom stereocenters. The monoisotopic (exact) mass is 816 g/mol. The molecule has 0 fully saturated rings. The first kappa shape index (κ1) is 34.9. The average Bonchev–Trinajstić information content (AvgIpc) is 4.02. The Bertz CT molecular complexity index is 3960. The van der Waals surface area contributed by atoms with E-state index in [0.717, 1.165) is 66.2 Å². The summed E-state index contributed by atoms with van der Waals surface area (Å²) in [6.45, 7) is 13.5. The van der Waals surface area contributed by atoms with Crippen LogP contribution in [0.4, 0.5) is 11.4 Å². The Morgan fingerprint density at radius 2 is 1.21 bits per heavy atom. The Morgan fingerprint density at radius 3 is 2.03 bits per heavy atom. The van der Waals surface area contributed by atoms with Gasteiger partial charge in [-0.25, -0.2) is 0 Å². The first-order valence-electron chi connectivity index (χ1n) is 21.8. The smallest absolute Gasteiger partial charge is 0.333 e. The molecule has 62 heavy (non-hydrogen) atoms. The number of anilines is 2. The van der Waals surface area contributed by atoms with Gasteiger partial charge in [-0.15, -0.1) is 11.3 Å². The number of rotatable bonds is 1. The van der Waals surface area contributed by atoms with Crippen LogP contribution in [-0.4, -0.2) is 11.4 Å². The number of hydrogen-bond acceptors (Lipinski definition) is 4. The van der Waals surface area contributed by atoms with E-state index < -0.39 is 0 Å². The second-order valence-corrected chi connectivity index (χ2v) is 20.8. The number of furan rings is 2. The van der Waals surface area contributed by atoms with Crippen molar-refractivity contribution >= 4 is 126 Å². The van der Waals surface area contributed by atoms with Crippen LogP contribution in [0.5, 0.6) is 0 Å². The summed E-state index contributed by atoms with van der Waals surface area (Å²) in [4.78, 5) is 2.62. The molecule has 4 nitrogen and oxygen atoms in total. The van der Waals surface area contributed by atoms with Crippen LogP contribution in [0.2, 0.25) is 0 Å². The van der Waals surface area contributed by atoms with Gasteiger partial charge in [0.1, 0.15) is 22.3 Å². The van der Waals surface area contributed by atoms with Crippen molar-refractivity contribution in [2.45, 2.75) is 52.4 Å². The van der Waals surface area contributed by atoms with Gasteiger partial charge < -0.3 is 18.2 Å². The van der Waals surface area contributed by atoms with E-state index in [4.69, 9.17) is 8.83 Å². The van der Waals surface area contributed by atoms with Gasteiger partial charge in [-0.1, -0.05) is 120 Å². The minimum absolute atomic E-state index is 0.00813. The van der Waals surface area contributed by atoms with Gasteiger partial charge in [-0.05, 0) is 93.0 Å². The molecule has 0 saturated carbocycles. The fraction of sp³-hybridized carbons (Fsp3) is 0.143. The van der Waals surface area contributed by atoms with Crippen molar-refractivity contribution < 1.29 is 8.83 Å². The number of aromatic nitrogens is 1. The number of fused-ring (bicyclic) bond motifs is 18. The first-order valence-corrected chi connectivity index (χ1v) is 22.6.